The lowest BCUT2D eigenvalue weighted by atomic mass is 10.1. The average Bonchev–Trinajstić information content (AvgIpc) is 2.62. The third kappa shape index (κ3) is 3.05. The van der Waals surface area contributed by atoms with Gasteiger partial charge in [0.15, 0.2) is 5.82 Å². The molecule has 6 heteroatoms. The van der Waals surface area contributed by atoms with Gasteiger partial charge in [0.05, 0.1) is 24.8 Å². The van der Waals surface area contributed by atoms with E-state index in [0.717, 1.165) is 29.0 Å². The molecular weight excluding hydrogens is 319 g/mol. The molecule has 0 spiro atoms. The van der Waals surface area contributed by atoms with Crippen LogP contribution in [-0.4, -0.2) is 40.8 Å². The van der Waals surface area contributed by atoms with Crippen molar-refractivity contribution in [2.24, 2.45) is 0 Å². The molecule has 1 aromatic carbocycles. The maximum absolute atomic E-state index is 13.5. The number of morpholine rings is 1. The first-order valence-electron chi connectivity index (χ1n) is 8.36. The summed E-state index contributed by atoms with van der Waals surface area (Å²) in [6.07, 6.45) is 1.78. The molecule has 0 saturated carbocycles. The fraction of sp³-hybridized carbons (Fsp3) is 0.316. The number of hydrogen-bond donors (Lipinski definition) is 0. The SMILES string of the molecule is Cc1nc(-c2ccc(N3CCOC[C@@H]3C)nc2)nc2cc(F)ccc12. The van der Waals surface area contributed by atoms with Crippen LogP contribution in [-0.2, 0) is 4.74 Å². The van der Waals surface area contributed by atoms with Gasteiger partial charge < -0.3 is 9.64 Å². The zero-order valence-electron chi connectivity index (χ0n) is 14.2. The van der Waals surface area contributed by atoms with Crippen molar-refractivity contribution in [3.05, 3.63) is 48.0 Å². The summed E-state index contributed by atoms with van der Waals surface area (Å²) < 4.78 is 19.0. The number of fused-ring (bicyclic) bond motifs is 1. The van der Waals surface area contributed by atoms with Crippen LogP contribution in [0.5, 0.6) is 0 Å². The van der Waals surface area contributed by atoms with Crippen molar-refractivity contribution in [3.63, 3.8) is 0 Å². The number of benzene rings is 1. The van der Waals surface area contributed by atoms with E-state index >= 15 is 0 Å². The number of halogens is 1. The van der Waals surface area contributed by atoms with Crippen LogP contribution in [0.25, 0.3) is 22.3 Å². The van der Waals surface area contributed by atoms with E-state index in [0.29, 0.717) is 30.6 Å². The highest BCUT2D eigenvalue weighted by Gasteiger charge is 2.20. The van der Waals surface area contributed by atoms with Gasteiger partial charge in [-0.15, -0.1) is 0 Å². The van der Waals surface area contributed by atoms with Crippen molar-refractivity contribution in [1.82, 2.24) is 15.0 Å². The standard InChI is InChI=1S/C19H19FN4O/c1-12-11-25-8-7-24(12)18-6-3-14(10-21-18)19-22-13(2)16-5-4-15(20)9-17(16)23-19/h3-6,9-10,12H,7-8,11H2,1-2H3/t12-/m0/s1. The number of hydrogen-bond acceptors (Lipinski definition) is 5. The van der Waals surface area contributed by atoms with Gasteiger partial charge in [-0.05, 0) is 38.1 Å². The second kappa shape index (κ2) is 6.37. The van der Waals surface area contributed by atoms with Crippen LogP contribution in [0.1, 0.15) is 12.6 Å². The fourth-order valence-corrected chi connectivity index (χ4v) is 3.15. The lowest BCUT2D eigenvalue weighted by Crippen LogP contribution is -2.44. The van der Waals surface area contributed by atoms with Gasteiger partial charge >= 0.3 is 0 Å². The molecule has 0 radical (unpaired) electrons. The monoisotopic (exact) mass is 338 g/mol. The van der Waals surface area contributed by atoms with E-state index in [-0.39, 0.29) is 5.82 Å². The van der Waals surface area contributed by atoms with Crippen molar-refractivity contribution in [3.8, 4) is 11.4 Å². The van der Waals surface area contributed by atoms with Gasteiger partial charge in [-0.25, -0.2) is 19.3 Å². The van der Waals surface area contributed by atoms with Gasteiger partial charge in [-0.2, -0.15) is 0 Å². The first kappa shape index (κ1) is 15.9. The molecule has 128 valence electrons. The first-order chi connectivity index (χ1) is 12.1. The molecule has 0 N–H and O–H groups in total. The molecule has 2 aromatic heterocycles. The summed E-state index contributed by atoms with van der Waals surface area (Å²) in [6, 6.07) is 8.82. The number of aromatic nitrogens is 3. The van der Waals surface area contributed by atoms with Crippen molar-refractivity contribution in [1.29, 1.82) is 0 Å². The predicted molar refractivity (Wildman–Crippen MR) is 95.1 cm³/mol. The van der Waals surface area contributed by atoms with Gasteiger partial charge in [0.1, 0.15) is 11.6 Å². The molecule has 0 bridgehead atoms. The van der Waals surface area contributed by atoms with Gasteiger partial charge in [0, 0.05) is 35.5 Å². The summed E-state index contributed by atoms with van der Waals surface area (Å²) in [7, 11) is 0. The molecule has 0 aliphatic carbocycles. The Morgan fingerprint density at radius 3 is 2.84 bits per heavy atom. The van der Waals surface area contributed by atoms with Crippen LogP contribution in [0.2, 0.25) is 0 Å². The quantitative estimate of drug-likeness (QED) is 0.717. The van der Waals surface area contributed by atoms with Crippen LogP contribution in [0.4, 0.5) is 10.2 Å². The van der Waals surface area contributed by atoms with Gasteiger partial charge in [0.25, 0.3) is 0 Å². The second-order valence-electron chi connectivity index (χ2n) is 6.32. The minimum Gasteiger partial charge on any atom is -0.377 e. The average molecular weight is 338 g/mol. The number of anilines is 1. The molecule has 4 rings (SSSR count). The highest BCUT2D eigenvalue weighted by molar-refractivity contribution is 5.82. The zero-order valence-corrected chi connectivity index (χ0v) is 14.2. The van der Waals surface area contributed by atoms with E-state index in [1.54, 1.807) is 12.3 Å². The first-order valence-corrected chi connectivity index (χ1v) is 8.36. The van der Waals surface area contributed by atoms with E-state index in [1.807, 2.05) is 19.1 Å². The number of pyridine rings is 1. The molecule has 1 saturated heterocycles. The van der Waals surface area contributed by atoms with Gasteiger partial charge in [0.2, 0.25) is 0 Å². The fourth-order valence-electron chi connectivity index (χ4n) is 3.15. The number of nitrogens with zero attached hydrogens (tertiary/aromatic N) is 4. The molecule has 1 fully saturated rings. The number of ether oxygens (including phenoxy) is 1. The van der Waals surface area contributed by atoms with Crippen LogP contribution >= 0.6 is 0 Å². The Morgan fingerprint density at radius 2 is 2.08 bits per heavy atom. The molecule has 25 heavy (non-hydrogen) atoms. The largest absolute Gasteiger partial charge is 0.377 e. The van der Waals surface area contributed by atoms with E-state index in [4.69, 9.17) is 4.74 Å². The zero-order chi connectivity index (χ0) is 17.4. The van der Waals surface area contributed by atoms with Crippen molar-refractivity contribution >= 4 is 16.7 Å². The van der Waals surface area contributed by atoms with E-state index in [1.165, 1.54) is 12.1 Å². The molecule has 1 aliphatic heterocycles. The Balaban J connectivity index is 1.69. The molecular formula is C19H19FN4O. The van der Waals surface area contributed by atoms with Crippen molar-refractivity contribution < 1.29 is 9.13 Å². The highest BCUT2D eigenvalue weighted by atomic mass is 19.1. The van der Waals surface area contributed by atoms with Crippen LogP contribution in [0.15, 0.2) is 36.5 Å². The predicted octanol–water partition coefficient (Wildman–Crippen LogP) is 3.36. The van der Waals surface area contributed by atoms with E-state index in [9.17, 15) is 4.39 Å². The normalized spacial score (nSPS) is 17.9. The Labute approximate surface area is 145 Å². The topological polar surface area (TPSA) is 51.1 Å². The summed E-state index contributed by atoms with van der Waals surface area (Å²) in [5.74, 6) is 1.18. The van der Waals surface area contributed by atoms with Crippen LogP contribution in [0.3, 0.4) is 0 Å². The summed E-state index contributed by atoms with van der Waals surface area (Å²) in [5, 5.41) is 0.858. The third-order valence-corrected chi connectivity index (χ3v) is 4.52. The van der Waals surface area contributed by atoms with Crippen molar-refractivity contribution in [2.45, 2.75) is 19.9 Å². The Hall–Kier alpha value is -2.60. The molecule has 3 aromatic rings. The van der Waals surface area contributed by atoms with Crippen molar-refractivity contribution in [2.75, 3.05) is 24.7 Å². The molecule has 3 heterocycles. The smallest absolute Gasteiger partial charge is 0.161 e. The lowest BCUT2D eigenvalue weighted by molar-refractivity contribution is 0.0985. The third-order valence-electron chi connectivity index (χ3n) is 4.52. The molecule has 0 unspecified atom stereocenters. The van der Waals surface area contributed by atoms with Crippen LogP contribution in [0, 0.1) is 12.7 Å². The highest BCUT2D eigenvalue weighted by Crippen LogP contribution is 2.24. The second-order valence-corrected chi connectivity index (χ2v) is 6.32. The number of aryl methyl sites for hydroxylation is 1. The molecule has 5 nitrogen and oxygen atoms in total. The Morgan fingerprint density at radius 1 is 1.20 bits per heavy atom. The molecule has 1 atom stereocenters. The maximum atomic E-state index is 13.5. The van der Waals surface area contributed by atoms with Crippen LogP contribution < -0.4 is 4.90 Å². The van der Waals surface area contributed by atoms with Gasteiger partial charge in [-0.3, -0.25) is 0 Å². The molecule has 1 aliphatic rings. The summed E-state index contributed by atoms with van der Waals surface area (Å²) in [5.41, 5.74) is 2.25. The number of rotatable bonds is 2. The minimum atomic E-state index is -0.300. The lowest BCUT2D eigenvalue weighted by Gasteiger charge is -2.34. The van der Waals surface area contributed by atoms with E-state index < -0.39 is 0 Å². The van der Waals surface area contributed by atoms with Gasteiger partial charge in [-0.1, -0.05) is 0 Å². The Kier molecular flexibility index (Phi) is 4.05. The summed E-state index contributed by atoms with van der Waals surface area (Å²) >= 11 is 0. The Bertz CT molecular complexity index is 913. The minimum absolute atomic E-state index is 0.300. The molecule has 0 amide bonds. The maximum Gasteiger partial charge on any atom is 0.161 e. The van der Waals surface area contributed by atoms with E-state index in [2.05, 4.69) is 26.8 Å². The summed E-state index contributed by atoms with van der Waals surface area (Å²) in [6.45, 7) is 6.29. The summed E-state index contributed by atoms with van der Waals surface area (Å²) in [4.78, 5) is 15.9.